The average Bonchev–Trinajstić information content (AvgIpc) is 2.34. The second-order valence-electron chi connectivity index (χ2n) is 4.86. The van der Waals surface area contributed by atoms with Gasteiger partial charge in [-0.2, -0.15) is 0 Å². The quantitative estimate of drug-likeness (QED) is 0.325. The van der Waals surface area contributed by atoms with Gasteiger partial charge in [-0.3, -0.25) is 25.6 Å². The molecule has 10 nitrogen and oxygen atoms in total. The maximum Gasteiger partial charge on any atom is 0.306 e. The van der Waals surface area contributed by atoms with Crippen molar-refractivity contribution >= 4 is 5.97 Å². The minimum atomic E-state index is -0.892. The number of nitrogens with zero attached hydrogens (tertiary/aromatic N) is 2. The Morgan fingerprint density at radius 1 is 1.10 bits per heavy atom. The molecular weight excluding hydrogens is 288 g/mol. The topological polar surface area (TPSA) is 132 Å². The number of carbonyl (C=O) groups excluding carboxylic acids is 1. The molecule has 0 aliphatic carbocycles. The van der Waals surface area contributed by atoms with Gasteiger partial charge in [-0.25, -0.2) is 9.68 Å². The average molecular weight is 312 g/mol. The minimum absolute atomic E-state index is 0.121. The fraction of sp³-hybridized carbons (Fsp3) is 0.909. The van der Waals surface area contributed by atoms with Gasteiger partial charge in [0.2, 0.25) is 0 Å². The van der Waals surface area contributed by atoms with E-state index in [4.69, 9.17) is 25.6 Å². The summed E-state index contributed by atoms with van der Waals surface area (Å²) < 4.78 is 5.16. The lowest BCUT2D eigenvalue weighted by molar-refractivity contribution is -0.527. The number of esters is 1. The van der Waals surface area contributed by atoms with Gasteiger partial charge in [-0.1, -0.05) is 13.8 Å². The van der Waals surface area contributed by atoms with E-state index in [1.165, 1.54) is 0 Å². The molecule has 1 unspecified atom stereocenters. The van der Waals surface area contributed by atoms with Crippen molar-refractivity contribution in [2.24, 2.45) is 5.92 Å². The Morgan fingerprint density at radius 2 is 1.71 bits per heavy atom. The number of ether oxygens (including phenoxy) is 1. The van der Waals surface area contributed by atoms with Gasteiger partial charge in [0.1, 0.15) is 18.8 Å². The lowest BCUT2D eigenvalue weighted by Crippen LogP contribution is -2.31. The molecule has 0 aliphatic heterocycles. The van der Waals surface area contributed by atoms with Gasteiger partial charge in [0.05, 0.1) is 10.8 Å². The normalized spacial score (nSPS) is 14.8. The van der Waals surface area contributed by atoms with Crippen molar-refractivity contribution in [3.63, 3.8) is 0 Å². The molecule has 0 fully saturated rings. The lowest BCUT2D eigenvalue weighted by atomic mass is 10.1. The van der Waals surface area contributed by atoms with Gasteiger partial charge in [-0.15, -0.1) is 0 Å². The van der Waals surface area contributed by atoms with E-state index in [1.54, 1.807) is 6.92 Å². The number of rotatable bonds is 11. The molecule has 0 aromatic rings. The predicted octanol–water partition coefficient (Wildman–Crippen LogP) is 1.14. The second kappa shape index (κ2) is 10.8. The summed E-state index contributed by atoms with van der Waals surface area (Å²) in [5.41, 5.74) is 0. The lowest BCUT2D eigenvalue weighted by Gasteiger charge is -2.19. The van der Waals surface area contributed by atoms with Gasteiger partial charge in [0, 0.05) is 6.42 Å². The Kier molecular flexibility index (Phi) is 10.4. The molecule has 0 spiro atoms. The van der Waals surface area contributed by atoms with Crippen LogP contribution in [0.5, 0.6) is 0 Å². The molecule has 0 bridgehead atoms. The third-order valence-corrected chi connectivity index (χ3v) is 2.78. The molecule has 0 amide bonds. The molecule has 0 heterocycles. The highest BCUT2D eigenvalue weighted by Crippen LogP contribution is 2.11. The van der Waals surface area contributed by atoms with Crippen molar-refractivity contribution in [1.82, 2.24) is 10.8 Å². The van der Waals surface area contributed by atoms with Gasteiger partial charge in [0.25, 0.3) is 0 Å². The van der Waals surface area contributed by atoms with Gasteiger partial charge in [-0.05, 0) is 25.7 Å². The zero-order valence-corrected chi connectivity index (χ0v) is 12.4. The summed E-state index contributed by atoms with van der Waals surface area (Å²) in [6, 6.07) is 0. The molecule has 0 saturated carbocycles. The maximum absolute atomic E-state index is 11.5. The Labute approximate surface area is 122 Å². The Bertz CT molecular complexity index is 287. The summed E-state index contributed by atoms with van der Waals surface area (Å²) in [7, 11) is 0. The Hall–Kier alpha value is -0.850. The number of carbonyl (C=O) groups is 1. The van der Waals surface area contributed by atoms with E-state index in [-0.39, 0.29) is 37.4 Å². The predicted molar refractivity (Wildman–Crippen MR) is 65.9 cm³/mol. The van der Waals surface area contributed by atoms with Crippen molar-refractivity contribution in [3.05, 3.63) is 0 Å². The molecule has 126 valence electrons. The van der Waals surface area contributed by atoms with Crippen LogP contribution in [0.3, 0.4) is 0 Å². The van der Waals surface area contributed by atoms with Crippen LogP contribution in [0.2, 0.25) is 0 Å². The number of hydrogen-bond acceptors (Lipinski definition) is 10. The van der Waals surface area contributed by atoms with Gasteiger partial charge < -0.3 is 4.74 Å². The standard InChI is InChI=1S/C11H24N2O8/c1-8(2)9(3)20-11(14)6-4-5-10(21-13(17)18)7-19-12(15)16/h8-10,15-18H,4-7H2,1-3H3/t9?,10-/m0/s1. The molecule has 0 rings (SSSR count). The van der Waals surface area contributed by atoms with Crippen LogP contribution in [0.1, 0.15) is 40.0 Å². The first kappa shape index (κ1) is 20.1. The fourth-order valence-electron chi connectivity index (χ4n) is 1.33. The highest BCUT2D eigenvalue weighted by Gasteiger charge is 2.17. The van der Waals surface area contributed by atoms with Gasteiger partial charge in [0.15, 0.2) is 0 Å². The van der Waals surface area contributed by atoms with Crippen LogP contribution < -0.4 is 0 Å². The zero-order valence-electron chi connectivity index (χ0n) is 12.4. The third kappa shape index (κ3) is 11.5. The van der Waals surface area contributed by atoms with Crippen LogP contribution in [0, 0.1) is 5.92 Å². The van der Waals surface area contributed by atoms with E-state index < -0.39 is 16.9 Å². The zero-order chi connectivity index (χ0) is 16.4. The summed E-state index contributed by atoms with van der Waals surface area (Å²) in [5.74, 6) is -0.150. The smallest absolute Gasteiger partial charge is 0.306 e. The van der Waals surface area contributed by atoms with Crippen LogP contribution in [-0.4, -0.2) is 56.4 Å². The van der Waals surface area contributed by atoms with E-state index in [1.807, 2.05) is 13.8 Å². The first-order valence-corrected chi connectivity index (χ1v) is 6.57. The highest BCUT2D eigenvalue weighted by atomic mass is 17.1. The summed E-state index contributed by atoms with van der Waals surface area (Å²) >= 11 is 0. The van der Waals surface area contributed by atoms with E-state index >= 15 is 0 Å². The molecule has 4 N–H and O–H groups in total. The van der Waals surface area contributed by atoms with Crippen LogP contribution in [-0.2, 0) is 19.2 Å². The van der Waals surface area contributed by atoms with Crippen LogP contribution in [0.15, 0.2) is 0 Å². The van der Waals surface area contributed by atoms with E-state index in [0.717, 1.165) is 0 Å². The van der Waals surface area contributed by atoms with Crippen LogP contribution in [0.25, 0.3) is 0 Å². The SMILES string of the molecule is CC(C)C(C)OC(=O)CCC[C@@H](CON(O)O)ON(O)O. The molecule has 2 atom stereocenters. The molecular formula is C11H24N2O8. The molecule has 0 aliphatic rings. The molecule has 21 heavy (non-hydrogen) atoms. The van der Waals surface area contributed by atoms with Crippen molar-refractivity contribution < 1.29 is 40.0 Å². The van der Waals surface area contributed by atoms with Crippen molar-refractivity contribution in [1.29, 1.82) is 0 Å². The summed E-state index contributed by atoms with van der Waals surface area (Å²) in [4.78, 5) is 20.4. The highest BCUT2D eigenvalue weighted by molar-refractivity contribution is 5.69. The van der Waals surface area contributed by atoms with Crippen molar-refractivity contribution in [3.8, 4) is 0 Å². The van der Waals surface area contributed by atoms with E-state index in [9.17, 15) is 4.79 Å². The Morgan fingerprint density at radius 3 is 2.19 bits per heavy atom. The first-order chi connectivity index (χ1) is 9.72. The Balaban J connectivity index is 4.02. The maximum atomic E-state index is 11.5. The van der Waals surface area contributed by atoms with Gasteiger partial charge >= 0.3 is 5.97 Å². The van der Waals surface area contributed by atoms with Crippen LogP contribution in [0.4, 0.5) is 0 Å². The summed E-state index contributed by atoms with van der Waals surface area (Å²) in [5, 5.41) is 32.9. The van der Waals surface area contributed by atoms with E-state index in [2.05, 4.69) is 9.68 Å². The first-order valence-electron chi connectivity index (χ1n) is 6.57. The summed E-state index contributed by atoms with van der Waals surface area (Å²) in [6.07, 6.45) is -0.415. The molecule has 0 aromatic carbocycles. The second-order valence-corrected chi connectivity index (χ2v) is 4.86. The van der Waals surface area contributed by atoms with Crippen molar-refractivity contribution in [2.45, 2.75) is 52.2 Å². The molecule has 0 aromatic heterocycles. The minimum Gasteiger partial charge on any atom is -0.462 e. The molecule has 10 heteroatoms. The summed E-state index contributed by atoms with van der Waals surface area (Å²) in [6.45, 7) is 5.31. The fourth-order valence-corrected chi connectivity index (χ4v) is 1.33. The third-order valence-electron chi connectivity index (χ3n) is 2.78. The van der Waals surface area contributed by atoms with E-state index in [0.29, 0.717) is 6.42 Å². The monoisotopic (exact) mass is 312 g/mol. The number of hydrogen-bond donors (Lipinski definition) is 4. The largest absolute Gasteiger partial charge is 0.462 e. The van der Waals surface area contributed by atoms with Crippen LogP contribution >= 0.6 is 0 Å². The molecule has 0 radical (unpaired) electrons. The van der Waals surface area contributed by atoms with Crippen molar-refractivity contribution in [2.75, 3.05) is 6.61 Å². The molecule has 0 saturated heterocycles.